The Morgan fingerprint density at radius 3 is 3.17 bits per heavy atom. The summed E-state index contributed by atoms with van der Waals surface area (Å²) < 4.78 is 0.815. The van der Waals surface area contributed by atoms with Gasteiger partial charge in [0.25, 0.3) is 5.91 Å². The minimum atomic E-state index is -0.0488. The molecule has 2 heterocycles. The van der Waals surface area contributed by atoms with Crippen molar-refractivity contribution < 1.29 is 4.79 Å². The fraction of sp³-hybridized carbons (Fsp3) is 0.500. The molecule has 1 aromatic rings. The zero-order chi connectivity index (χ0) is 13.0. The molecular weight excluding hydrogens is 314 g/mol. The number of pyridine rings is 1. The quantitative estimate of drug-likeness (QED) is 0.891. The van der Waals surface area contributed by atoms with Crippen molar-refractivity contribution in [1.29, 1.82) is 0 Å². The summed E-state index contributed by atoms with van der Waals surface area (Å²) in [7, 11) is 0. The molecule has 6 heteroatoms. The molecule has 0 bridgehead atoms. The number of nitrogens with zero attached hydrogens (tertiary/aromatic N) is 1. The topological polar surface area (TPSA) is 54.0 Å². The molecule has 1 amide bonds. The number of aromatic nitrogens is 1. The highest BCUT2D eigenvalue weighted by Crippen LogP contribution is 2.20. The normalized spacial score (nSPS) is 18.7. The third-order valence-corrected chi connectivity index (χ3v) is 4.30. The number of anilines is 1. The Morgan fingerprint density at radius 1 is 1.67 bits per heavy atom. The fourth-order valence-electron chi connectivity index (χ4n) is 1.83. The van der Waals surface area contributed by atoms with Crippen LogP contribution in [0, 0.1) is 0 Å². The zero-order valence-corrected chi connectivity index (χ0v) is 12.6. The maximum absolute atomic E-state index is 12.2. The predicted octanol–water partition coefficient (Wildman–Crippen LogP) is 2.51. The summed E-state index contributed by atoms with van der Waals surface area (Å²) in [5.74, 6) is 2.72. The molecule has 1 aliphatic rings. The molecule has 1 aromatic heterocycles. The molecule has 1 fully saturated rings. The van der Waals surface area contributed by atoms with Crippen molar-refractivity contribution in [3.8, 4) is 0 Å². The number of rotatable bonds is 4. The highest BCUT2D eigenvalue weighted by molar-refractivity contribution is 9.10. The van der Waals surface area contributed by atoms with Gasteiger partial charge in [0.1, 0.15) is 5.82 Å². The lowest BCUT2D eigenvalue weighted by molar-refractivity contribution is 0.0941. The van der Waals surface area contributed by atoms with E-state index >= 15 is 0 Å². The van der Waals surface area contributed by atoms with Gasteiger partial charge in [-0.3, -0.25) is 4.79 Å². The van der Waals surface area contributed by atoms with E-state index in [-0.39, 0.29) is 11.9 Å². The van der Waals surface area contributed by atoms with Gasteiger partial charge in [-0.2, -0.15) is 11.8 Å². The summed E-state index contributed by atoms with van der Waals surface area (Å²) in [6.45, 7) is 2.73. The van der Waals surface area contributed by atoms with Crippen molar-refractivity contribution in [2.45, 2.75) is 19.4 Å². The monoisotopic (exact) mass is 329 g/mol. The molecule has 1 unspecified atom stereocenters. The zero-order valence-electron chi connectivity index (χ0n) is 10.2. The van der Waals surface area contributed by atoms with Crippen LogP contribution in [0.3, 0.4) is 0 Å². The van der Waals surface area contributed by atoms with Gasteiger partial charge in [-0.15, -0.1) is 0 Å². The first kappa shape index (κ1) is 13.7. The van der Waals surface area contributed by atoms with Crippen LogP contribution >= 0.6 is 27.7 Å². The van der Waals surface area contributed by atoms with Gasteiger partial charge in [-0.05, 0) is 41.1 Å². The number of thioether (sulfide) groups is 1. The maximum Gasteiger partial charge on any atom is 0.255 e. The first-order valence-corrected chi connectivity index (χ1v) is 7.93. The summed E-state index contributed by atoms with van der Waals surface area (Å²) in [6.07, 6.45) is 2.74. The Morgan fingerprint density at radius 2 is 2.50 bits per heavy atom. The van der Waals surface area contributed by atoms with Crippen molar-refractivity contribution in [3.63, 3.8) is 0 Å². The van der Waals surface area contributed by atoms with E-state index in [0.717, 1.165) is 28.9 Å². The summed E-state index contributed by atoms with van der Waals surface area (Å²) in [6, 6.07) is 2.10. The van der Waals surface area contributed by atoms with E-state index in [4.69, 9.17) is 0 Å². The van der Waals surface area contributed by atoms with Crippen molar-refractivity contribution in [2.75, 3.05) is 23.4 Å². The molecule has 98 valence electrons. The van der Waals surface area contributed by atoms with Crippen LogP contribution in [-0.4, -0.2) is 35.0 Å². The van der Waals surface area contributed by atoms with Gasteiger partial charge in [-0.25, -0.2) is 4.98 Å². The average Bonchev–Trinajstić information content (AvgIpc) is 2.84. The first-order chi connectivity index (χ1) is 8.70. The van der Waals surface area contributed by atoms with Crippen LogP contribution in [0.4, 0.5) is 5.82 Å². The van der Waals surface area contributed by atoms with Gasteiger partial charge >= 0.3 is 0 Å². The molecule has 1 aliphatic heterocycles. The van der Waals surface area contributed by atoms with Crippen molar-refractivity contribution in [1.82, 2.24) is 10.3 Å². The second-order valence-electron chi connectivity index (χ2n) is 4.11. The Kier molecular flexibility index (Phi) is 4.88. The fourth-order valence-corrected chi connectivity index (χ4v) is 3.32. The predicted molar refractivity (Wildman–Crippen MR) is 79.3 cm³/mol. The maximum atomic E-state index is 12.2. The number of nitrogens with one attached hydrogen (secondary N) is 2. The number of hydrogen-bond acceptors (Lipinski definition) is 4. The molecular formula is C12H16BrN3OS. The minimum absolute atomic E-state index is 0.0488. The Bertz CT molecular complexity index is 435. The van der Waals surface area contributed by atoms with E-state index in [1.807, 2.05) is 24.8 Å². The van der Waals surface area contributed by atoms with Crippen LogP contribution in [0.25, 0.3) is 0 Å². The van der Waals surface area contributed by atoms with Gasteiger partial charge in [0.05, 0.1) is 5.56 Å². The van der Waals surface area contributed by atoms with Crippen molar-refractivity contribution in [2.24, 2.45) is 0 Å². The first-order valence-electron chi connectivity index (χ1n) is 5.98. The van der Waals surface area contributed by atoms with Gasteiger partial charge < -0.3 is 10.6 Å². The lowest BCUT2D eigenvalue weighted by Gasteiger charge is -2.14. The molecule has 0 spiro atoms. The van der Waals surface area contributed by atoms with Crippen molar-refractivity contribution in [3.05, 3.63) is 22.3 Å². The Balaban J connectivity index is 2.14. The van der Waals surface area contributed by atoms with Gasteiger partial charge in [0.2, 0.25) is 0 Å². The summed E-state index contributed by atoms with van der Waals surface area (Å²) in [5, 5.41) is 6.17. The highest BCUT2D eigenvalue weighted by atomic mass is 79.9. The molecule has 18 heavy (non-hydrogen) atoms. The molecule has 0 saturated carbocycles. The number of carbonyl (C=O) groups is 1. The van der Waals surface area contributed by atoms with E-state index in [2.05, 4.69) is 31.5 Å². The average molecular weight is 330 g/mol. The van der Waals surface area contributed by atoms with Gasteiger partial charge in [0, 0.05) is 29.0 Å². The molecule has 4 nitrogen and oxygen atoms in total. The second kappa shape index (κ2) is 6.43. The highest BCUT2D eigenvalue weighted by Gasteiger charge is 2.20. The van der Waals surface area contributed by atoms with Gasteiger partial charge in [0.15, 0.2) is 0 Å². The van der Waals surface area contributed by atoms with Gasteiger partial charge in [-0.1, -0.05) is 0 Å². The lowest BCUT2D eigenvalue weighted by Crippen LogP contribution is -2.35. The molecule has 1 saturated heterocycles. The molecule has 2 rings (SSSR count). The Labute approximate surface area is 119 Å². The van der Waals surface area contributed by atoms with E-state index in [1.54, 1.807) is 6.20 Å². The van der Waals surface area contributed by atoms with E-state index in [9.17, 15) is 4.79 Å². The molecule has 1 atom stereocenters. The molecule has 0 aliphatic carbocycles. The van der Waals surface area contributed by atoms with Crippen LogP contribution < -0.4 is 10.6 Å². The van der Waals surface area contributed by atoms with Crippen LogP contribution in [-0.2, 0) is 0 Å². The smallest absolute Gasteiger partial charge is 0.255 e. The number of halogens is 1. The molecule has 0 radical (unpaired) electrons. The molecule has 0 aromatic carbocycles. The third kappa shape index (κ3) is 3.38. The standard InChI is InChI=1S/C12H16BrN3OS/c1-2-14-11-10(5-8(13)6-15-11)12(17)16-9-3-4-18-7-9/h5-6,9H,2-4,7H2,1H3,(H,14,15)(H,16,17). The largest absolute Gasteiger partial charge is 0.370 e. The Hall–Kier alpha value is -0.750. The number of carbonyl (C=O) groups excluding carboxylic acids is 1. The summed E-state index contributed by atoms with van der Waals surface area (Å²) >= 11 is 5.24. The molecule has 2 N–H and O–H groups in total. The second-order valence-corrected chi connectivity index (χ2v) is 6.18. The van der Waals surface area contributed by atoms with Crippen LogP contribution in [0.2, 0.25) is 0 Å². The SMILES string of the molecule is CCNc1ncc(Br)cc1C(=O)NC1CCSC1. The lowest BCUT2D eigenvalue weighted by atomic mass is 10.2. The minimum Gasteiger partial charge on any atom is -0.370 e. The van der Waals surface area contributed by atoms with E-state index in [0.29, 0.717) is 11.4 Å². The number of amides is 1. The summed E-state index contributed by atoms with van der Waals surface area (Å²) in [5.41, 5.74) is 0.600. The van der Waals surface area contributed by atoms with Crippen LogP contribution in [0.5, 0.6) is 0 Å². The number of hydrogen-bond donors (Lipinski definition) is 2. The van der Waals surface area contributed by atoms with Crippen molar-refractivity contribution >= 4 is 39.4 Å². The third-order valence-electron chi connectivity index (χ3n) is 2.71. The van der Waals surface area contributed by atoms with Crippen LogP contribution in [0.15, 0.2) is 16.7 Å². The van der Waals surface area contributed by atoms with E-state index in [1.165, 1.54) is 0 Å². The summed E-state index contributed by atoms with van der Waals surface area (Å²) in [4.78, 5) is 16.5. The van der Waals surface area contributed by atoms with Crippen LogP contribution in [0.1, 0.15) is 23.7 Å². The van der Waals surface area contributed by atoms with E-state index < -0.39 is 0 Å².